The van der Waals surface area contributed by atoms with Crippen molar-refractivity contribution in [3.63, 3.8) is 0 Å². The number of hydrogen-bond donors (Lipinski definition) is 2. The van der Waals surface area contributed by atoms with Crippen LogP contribution in [0.25, 0.3) is 22.3 Å². The Labute approximate surface area is 163 Å². The predicted octanol–water partition coefficient (Wildman–Crippen LogP) is 4.27. The van der Waals surface area contributed by atoms with E-state index in [1.165, 1.54) is 5.56 Å². The van der Waals surface area contributed by atoms with Crippen LogP contribution in [0, 0.1) is 6.92 Å². The van der Waals surface area contributed by atoms with Crippen molar-refractivity contribution in [2.45, 2.75) is 26.4 Å². The minimum atomic E-state index is 0.311. The van der Waals surface area contributed by atoms with Gasteiger partial charge in [-0.2, -0.15) is 5.10 Å². The summed E-state index contributed by atoms with van der Waals surface area (Å²) in [5.41, 5.74) is 8.16. The summed E-state index contributed by atoms with van der Waals surface area (Å²) in [6, 6.07) is 17.0. The highest BCUT2D eigenvalue weighted by atomic mass is 15.3. The van der Waals surface area contributed by atoms with E-state index >= 15 is 0 Å². The molecule has 28 heavy (non-hydrogen) atoms. The van der Waals surface area contributed by atoms with Crippen molar-refractivity contribution in [1.82, 2.24) is 25.1 Å². The maximum absolute atomic E-state index is 4.99. The topological polar surface area (TPSA) is 69.7 Å². The normalized spacial score (nSPS) is 15.2. The van der Waals surface area contributed by atoms with Crippen molar-refractivity contribution in [3.05, 3.63) is 71.7 Å². The molecule has 0 aliphatic carbocycles. The van der Waals surface area contributed by atoms with Gasteiger partial charge in [0.15, 0.2) is 0 Å². The molecule has 0 radical (unpaired) electrons. The van der Waals surface area contributed by atoms with Gasteiger partial charge in [-0.05, 0) is 37.6 Å². The van der Waals surface area contributed by atoms with E-state index in [4.69, 9.17) is 4.98 Å². The molecular formula is C22H22N6. The Balaban J connectivity index is 1.51. The first-order valence-electron chi connectivity index (χ1n) is 9.53. The summed E-state index contributed by atoms with van der Waals surface area (Å²) in [6.07, 6.45) is 1.81. The summed E-state index contributed by atoms with van der Waals surface area (Å²) in [7, 11) is 0. The quantitative estimate of drug-likeness (QED) is 0.563. The number of aryl methyl sites for hydroxylation is 1. The molecule has 0 unspecified atom stereocenters. The molecule has 0 amide bonds. The first-order chi connectivity index (χ1) is 13.7. The average molecular weight is 370 g/mol. The number of fused-ring (bicyclic) bond motifs is 2. The lowest BCUT2D eigenvalue weighted by molar-refractivity contribution is 0.207. The fourth-order valence-electron chi connectivity index (χ4n) is 3.81. The van der Waals surface area contributed by atoms with Crippen LogP contribution in [0.15, 0.2) is 54.7 Å². The number of aromatic nitrogens is 4. The lowest BCUT2D eigenvalue weighted by Crippen LogP contribution is -2.36. The van der Waals surface area contributed by atoms with E-state index in [-0.39, 0.29) is 0 Å². The van der Waals surface area contributed by atoms with Crippen molar-refractivity contribution in [2.75, 3.05) is 12.0 Å². The van der Waals surface area contributed by atoms with Crippen LogP contribution in [0.1, 0.15) is 29.9 Å². The molecule has 4 aromatic rings. The second kappa shape index (κ2) is 6.73. The minimum absolute atomic E-state index is 0.311. The number of nitrogens with zero attached hydrogens (tertiary/aromatic N) is 4. The third-order valence-electron chi connectivity index (χ3n) is 5.44. The van der Waals surface area contributed by atoms with Crippen LogP contribution in [0.5, 0.6) is 0 Å². The Hall–Kier alpha value is -3.25. The molecule has 0 saturated carbocycles. The summed E-state index contributed by atoms with van der Waals surface area (Å²) in [5.74, 6) is 0. The van der Waals surface area contributed by atoms with E-state index < -0.39 is 0 Å². The maximum atomic E-state index is 4.99. The van der Waals surface area contributed by atoms with Crippen molar-refractivity contribution in [2.24, 2.45) is 0 Å². The minimum Gasteiger partial charge on any atom is -0.371 e. The zero-order chi connectivity index (χ0) is 19.1. The van der Waals surface area contributed by atoms with Gasteiger partial charge in [-0.15, -0.1) is 0 Å². The van der Waals surface area contributed by atoms with E-state index in [0.717, 1.165) is 52.6 Å². The molecule has 6 heteroatoms. The SMILES string of the molecule is Cc1cc(-c2n[nH]c3cc4c(nc23)CN([C@H](C)c2ccccc2)CN4)ccn1. The fourth-order valence-corrected chi connectivity index (χ4v) is 3.81. The van der Waals surface area contributed by atoms with Crippen LogP contribution in [0.4, 0.5) is 5.69 Å². The smallest absolute Gasteiger partial charge is 0.118 e. The molecule has 0 saturated heterocycles. The predicted molar refractivity (Wildman–Crippen MR) is 111 cm³/mol. The Morgan fingerprint density at radius 3 is 2.79 bits per heavy atom. The molecule has 1 aromatic carbocycles. The van der Waals surface area contributed by atoms with Gasteiger partial charge in [-0.1, -0.05) is 30.3 Å². The zero-order valence-corrected chi connectivity index (χ0v) is 16.0. The molecule has 2 N–H and O–H groups in total. The van der Waals surface area contributed by atoms with Crippen molar-refractivity contribution < 1.29 is 0 Å². The van der Waals surface area contributed by atoms with Gasteiger partial charge in [0.1, 0.15) is 11.2 Å². The van der Waals surface area contributed by atoms with Crippen LogP contribution >= 0.6 is 0 Å². The molecule has 6 nitrogen and oxygen atoms in total. The number of pyridine rings is 2. The van der Waals surface area contributed by atoms with Gasteiger partial charge in [0.25, 0.3) is 0 Å². The van der Waals surface area contributed by atoms with E-state index in [9.17, 15) is 0 Å². The first kappa shape index (κ1) is 16.9. The van der Waals surface area contributed by atoms with Crippen LogP contribution in [-0.4, -0.2) is 31.7 Å². The van der Waals surface area contributed by atoms with Crippen molar-refractivity contribution in [1.29, 1.82) is 0 Å². The lowest BCUT2D eigenvalue weighted by Gasteiger charge is -2.34. The van der Waals surface area contributed by atoms with Crippen LogP contribution < -0.4 is 5.32 Å². The largest absolute Gasteiger partial charge is 0.371 e. The van der Waals surface area contributed by atoms with E-state index in [1.54, 1.807) is 0 Å². The van der Waals surface area contributed by atoms with Gasteiger partial charge in [-0.3, -0.25) is 15.0 Å². The molecule has 0 fully saturated rings. The monoisotopic (exact) mass is 370 g/mol. The van der Waals surface area contributed by atoms with Gasteiger partial charge in [0.05, 0.1) is 23.6 Å². The fraction of sp³-hybridized carbons (Fsp3) is 0.227. The molecule has 5 rings (SSSR count). The summed E-state index contributed by atoms with van der Waals surface area (Å²) in [6.45, 7) is 5.82. The van der Waals surface area contributed by atoms with E-state index in [2.05, 4.69) is 68.7 Å². The third-order valence-corrected chi connectivity index (χ3v) is 5.44. The van der Waals surface area contributed by atoms with Gasteiger partial charge < -0.3 is 5.32 Å². The second-order valence-electron chi connectivity index (χ2n) is 7.31. The van der Waals surface area contributed by atoms with E-state index in [0.29, 0.717) is 6.04 Å². The first-order valence-corrected chi connectivity index (χ1v) is 9.53. The van der Waals surface area contributed by atoms with Gasteiger partial charge in [0.2, 0.25) is 0 Å². The Morgan fingerprint density at radius 2 is 1.96 bits per heavy atom. The summed E-state index contributed by atoms with van der Waals surface area (Å²) in [5, 5.41) is 11.2. The highest BCUT2D eigenvalue weighted by molar-refractivity contribution is 5.91. The number of rotatable bonds is 3. The molecule has 140 valence electrons. The number of nitrogens with one attached hydrogen (secondary N) is 2. The third kappa shape index (κ3) is 2.92. The Bertz CT molecular complexity index is 1130. The maximum Gasteiger partial charge on any atom is 0.118 e. The second-order valence-corrected chi connectivity index (χ2v) is 7.31. The molecule has 4 heterocycles. The lowest BCUT2D eigenvalue weighted by atomic mass is 10.1. The molecule has 0 spiro atoms. The van der Waals surface area contributed by atoms with Crippen LogP contribution in [0.2, 0.25) is 0 Å². The Kier molecular flexibility index (Phi) is 4.06. The zero-order valence-electron chi connectivity index (χ0n) is 16.0. The molecule has 3 aromatic heterocycles. The van der Waals surface area contributed by atoms with Crippen molar-refractivity contribution in [3.8, 4) is 11.3 Å². The Morgan fingerprint density at radius 1 is 1.11 bits per heavy atom. The number of aromatic amines is 1. The molecule has 1 aliphatic rings. The van der Waals surface area contributed by atoms with Crippen LogP contribution in [0.3, 0.4) is 0 Å². The number of benzene rings is 1. The highest BCUT2D eigenvalue weighted by Crippen LogP contribution is 2.32. The van der Waals surface area contributed by atoms with Gasteiger partial charge in [0, 0.05) is 30.0 Å². The van der Waals surface area contributed by atoms with Crippen molar-refractivity contribution >= 4 is 16.7 Å². The van der Waals surface area contributed by atoms with E-state index in [1.807, 2.05) is 25.3 Å². The molecule has 1 atom stereocenters. The molecule has 1 aliphatic heterocycles. The average Bonchev–Trinajstić information content (AvgIpc) is 3.14. The summed E-state index contributed by atoms with van der Waals surface area (Å²) >= 11 is 0. The number of H-pyrrole nitrogens is 1. The summed E-state index contributed by atoms with van der Waals surface area (Å²) < 4.78 is 0. The van der Waals surface area contributed by atoms with Gasteiger partial charge in [-0.25, -0.2) is 4.98 Å². The summed E-state index contributed by atoms with van der Waals surface area (Å²) in [4.78, 5) is 11.7. The molecular weight excluding hydrogens is 348 g/mol. The highest BCUT2D eigenvalue weighted by Gasteiger charge is 2.24. The number of hydrogen-bond acceptors (Lipinski definition) is 5. The van der Waals surface area contributed by atoms with Crippen LogP contribution in [-0.2, 0) is 6.54 Å². The standard InChI is InChI=1S/C22H22N6/c1-14-10-17(8-9-23-14)21-22-19(26-27-21)11-18-20(25-22)12-28(13-24-18)15(2)16-6-4-3-5-7-16/h3-11,15,24H,12-13H2,1-2H3,(H,26,27)/t15-/m1/s1. The van der Waals surface area contributed by atoms with Gasteiger partial charge >= 0.3 is 0 Å². The number of anilines is 1. The molecule has 0 bridgehead atoms.